The molecule has 0 unspecified atom stereocenters. The van der Waals surface area contributed by atoms with Crippen LogP contribution >= 0.6 is 12.2 Å². The first kappa shape index (κ1) is 23.2. The van der Waals surface area contributed by atoms with Gasteiger partial charge in [-0.25, -0.2) is 0 Å². The number of piperidine rings is 1. The van der Waals surface area contributed by atoms with Crippen LogP contribution in [0.1, 0.15) is 31.7 Å². The van der Waals surface area contributed by atoms with Gasteiger partial charge in [-0.15, -0.1) is 0 Å². The summed E-state index contributed by atoms with van der Waals surface area (Å²) in [6, 6.07) is 17.8. The van der Waals surface area contributed by atoms with E-state index >= 15 is 0 Å². The van der Waals surface area contributed by atoms with E-state index in [1.54, 1.807) is 0 Å². The number of aromatic nitrogens is 2. The highest BCUT2D eigenvalue weighted by atomic mass is 32.1. The largest absolute Gasteiger partial charge is 0.486 e. The van der Waals surface area contributed by atoms with E-state index in [1.807, 2.05) is 54.6 Å². The van der Waals surface area contributed by atoms with Crippen molar-refractivity contribution < 1.29 is 14.2 Å². The molecule has 8 nitrogen and oxygen atoms in total. The van der Waals surface area contributed by atoms with Gasteiger partial charge in [0.1, 0.15) is 24.8 Å². The Balaban J connectivity index is 1.30. The Hall–Kier alpha value is -3.59. The molecule has 5 rings (SSSR count). The number of para-hydroxylation sites is 1. The van der Waals surface area contributed by atoms with E-state index in [9.17, 15) is 0 Å². The summed E-state index contributed by atoms with van der Waals surface area (Å²) in [6.07, 6.45) is 3.51. The van der Waals surface area contributed by atoms with Crippen molar-refractivity contribution in [2.45, 2.75) is 38.8 Å². The van der Waals surface area contributed by atoms with E-state index in [0.717, 1.165) is 42.3 Å². The van der Waals surface area contributed by atoms with Crippen LogP contribution in [0.4, 0.5) is 11.8 Å². The van der Waals surface area contributed by atoms with Gasteiger partial charge in [-0.05, 0) is 68.2 Å². The number of rotatable bonds is 6. The molecule has 1 fully saturated rings. The highest BCUT2D eigenvalue weighted by Gasteiger charge is 2.22. The molecule has 2 aliphatic heterocycles. The van der Waals surface area contributed by atoms with Crippen molar-refractivity contribution in [1.29, 1.82) is 0 Å². The Bertz CT molecular complexity index is 1180. The molecule has 0 bridgehead atoms. The van der Waals surface area contributed by atoms with Gasteiger partial charge in [0.2, 0.25) is 11.8 Å². The summed E-state index contributed by atoms with van der Waals surface area (Å²) in [5, 5.41) is 6.78. The standard InChI is InChI=1S/C26H29N5O3S/c1-18-7-5-6-12-31(18)23-16-24(34-20-8-3-2-4-9-20)29-25(28-23)30-26(35)27-17-19-10-11-21-22(15-19)33-14-13-32-21/h2-4,8-11,15-16,18H,5-7,12-14,17H2,1H3,(H2,27,28,29,30,35)/t18-/m1/s1. The lowest BCUT2D eigenvalue weighted by molar-refractivity contribution is 0.171. The summed E-state index contributed by atoms with van der Waals surface area (Å²) in [5.41, 5.74) is 1.03. The third-order valence-corrected chi connectivity index (χ3v) is 6.28. The number of fused-ring (bicyclic) bond motifs is 1. The summed E-state index contributed by atoms with van der Waals surface area (Å²) < 4.78 is 17.3. The smallest absolute Gasteiger partial charge is 0.234 e. The van der Waals surface area contributed by atoms with E-state index in [0.29, 0.717) is 48.5 Å². The van der Waals surface area contributed by atoms with Gasteiger partial charge < -0.3 is 29.7 Å². The maximum atomic E-state index is 6.04. The topological polar surface area (TPSA) is 80.8 Å². The molecule has 2 aliphatic rings. The molecule has 1 aromatic heterocycles. The fourth-order valence-electron chi connectivity index (χ4n) is 4.24. The SMILES string of the molecule is C[C@@H]1CCCCN1c1cc(Oc2ccccc2)nc(NC(=S)NCc2ccc3c(c2)OCCO3)n1. The number of ether oxygens (including phenoxy) is 3. The lowest BCUT2D eigenvalue weighted by Crippen LogP contribution is -2.38. The Labute approximate surface area is 210 Å². The predicted octanol–water partition coefficient (Wildman–Crippen LogP) is 4.91. The van der Waals surface area contributed by atoms with Gasteiger partial charge in [-0.2, -0.15) is 9.97 Å². The van der Waals surface area contributed by atoms with Gasteiger partial charge in [0.25, 0.3) is 0 Å². The van der Waals surface area contributed by atoms with Crippen molar-refractivity contribution in [1.82, 2.24) is 15.3 Å². The first-order valence-electron chi connectivity index (χ1n) is 12.0. The van der Waals surface area contributed by atoms with E-state index < -0.39 is 0 Å². The molecule has 0 saturated carbocycles. The molecule has 3 heterocycles. The highest BCUT2D eigenvalue weighted by molar-refractivity contribution is 7.80. The lowest BCUT2D eigenvalue weighted by Gasteiger charge is -2.34. The predicted molar refractivity (Wildman–Crippen MR) is 140 cm³/mol. The van der Waals surface area contributed by atoms with Crippen LogP contribution in [-0.4, -0.2) is 40.9 Å². The molecule has 3 aromatic rings. The zero-order valence-electron chi connectivity index (χ0n) is 19.7. The van der Waals surface area contributed by atoms with Crippen LogP contribution in [0.25, 0.3) is 0 Å². The van der Waals surface area contributed by atoms with Crippen LogP contribution in [0, 0.1) is 0 Å². The van der Waals surface area contributed by atoms with Crippen molar-refractivity contribution >= 4 is 29.1 Å². The molecule has 1 saturated heterocycles. The van der Waals surface area contributed by atoms with Crippen LogP contribution in [0.2, 0.25) is 0 Å². The maximum Gasteiger partial charge on any atom is 0.234 e. The van der Waals surface area contributed by atoms with Crippen molar-refractivity contribution in [3.05, 3.63) is 60.2 Å². The third kappa shape index (κ3) is 5.92. The minimum absolute atomic E-state index is 0.394. The lowest BCUT2D eigenvalue weighted by atomic mass is 10.0. The average molecular weight is 492 g/mol. The van der Waals surface area contributed by atoms with Gasteiger partial charge >= 0.3 is 0 Å². The van der Waals surface area contributed by atoms with Gasteiger partial charge in [-0.3, -0.25) is 0 Å². The molecule has 0 aliphatic carbocycles. The molecule has 2 aromatic carbocycles. The van der Waals surface area contributed by atoms with Crippen molar-refractivity contribution in [3.63, 3.8) is 0 Å². The minimum atomic E-state index is 0.394. The van der Waals surface area contributed by atoms with E-state index in [1.165, 1.54) is 6.42 Å². The monoisotopic (exact) mass is 491 g/mol. The number of anilines is 2. The maximum absolute atomic E-state index is 6.04. The molecule has 2 N–H and O–H groups in total. The average Bonchev–Trinajstić information content (AvgIpc) is 2.88. The Morgan fingerprint density at radius 1 is 1.06 bits per heavy atom. The Morgan fingerprint density at radius 2 is 1.89 bits per heavy atom. The summed E-state index contributed by atoms with van der Waals surface area (Å²) in [7, 11) is 0. The third-order valence-electron chi connectivity index (χ3n) is 6.04. The number of thiocarbonyl (C=S) groups is 1. The molecule has 1 atom stereocenters. The molecule has 9 heteroatoms. The van der Waals surface area contributed by atoms with Gasteiger partial charge in [0, 0.05) is 25.2 Å². The first-order chi connectivity index (χ1) is 17.1. The zero-order valence-corrected chi connectivity index (χ0v) is 20.5. The Morgan fingerprint density at radius 3 is 2.71 bits per heavy atom. The zero-order chi connectivity index (χ0) is 24.0. The fourth-order valence-corrected chi connectivity index (χ4v) is 4.41. The van der Waals surface area contributed by atoms with E-state index in [-0.39, 0.29) is 0 Å². The second kappa shape index (κ2) is 10.8. The van der Waals surface area contributed by atoms with Crippen LogP contribution in [-0.2, 0) is 6.54 Å². The van der Waals surface area contributed by atoms with E-state index in [4.69, 9.17) is 31.4 Å². The first-order valence-corrected chi connectivity index (χ1v) is 12.4. The van der Waals surface area contributed by atoms with Crippen LogP contribution in [0.5, 0.6) is 23.1 Å². The fraction of sp³-hybridized carbons (Fsp3) is 0.346. The highest BCUT2D eigenvalue weighted by Crippen LogP contribution is 2.31. The number of benzene rings is 2. The van der Waals surface area contributed by atoms with Gasteiger partial charge in [-0.1, -0.05) is 24.3 Å². The number of hydrogen-bond acceptors (Lipinski definition) is 7. The van der Waals surface area contributed by atoms with Crippen molar-refractivity contribution in [3.8, 4) is 23.1 Å². The Kier molecular flexibility index (Phi) is 7.13. The number of hydrogen-bond donors (Lipinski definition) is 2. The summed E-state index contributed by atoms with van der Waals surface area (Å²) >= 11 is 5.54. The second-order valence-corrected chi connectivity index (χ2v) is 9.04. The molecule has 0 radical (unpaired) electrons. The quantitative estimate of drug-likeness (QED) is 0.468. The van der Waals surface area contributed by atoms with Crippen molar-refractivity contribution in [2.75, 3.05) is 30.0 Å². The molecule has 0 amide bonds. The molecule has 182 valence electrons. The van der Waals surface area contributed by atoms with E-state index in [2.05, 4.69) is 27.4 Å². The summed E-state index contributed by atoms with van der Waals surface area (Å²) in [4.78, 5) is 11.6. The molecular formula is C26H29N5O3S. The molecule has 35 heavy (non-hydrogen) atoms. The molecular weight excluding hydrogens is 462 g/mol. The van der Waals surface area contributed by atoms with Gasteiger partial charge in [0.05, 0.1) is 0 Å². The summed E-state index contributed by atoms with van der Waals surface area (Å²) in [5.74, 6) is 3.93. The molecule has 0 spiro atoms. The number of nitrogens with one attached hydrogen (secondary N) is 2. The van der Waals surface area contributed by atoms with Crippen molar-refractivity contribution in [2.24, 2.45) is 0 Å². The van der Waals surface area contributed by atoms with Crippen LogP contribution < -0.4 is 29.7 Å². The minimum Gasteiger partial charge on any atom is -0.486 e. The second-order valence-electron chi connectivity index (χ2n) is 8.63. The van der Waals surface area contributed by atoms with Crippen LogP contribution in [0.15, 0.2) is 54.6 Å². The van der Waals surface area contributed by atoms with Gasteiger partial charge in [0.15, 0.2) is 16.6 Å². The van der Waals surface area contributed by atoms with Crippen LogP contribution in [0.3, 0.4) is 0 Å². The summed E-state index contributed by atoms with van der Waals surface area (Å²) in [6.45, 7) is 4.84. The number of nitrogens with zero attached hydrogens (tertiary/aromatic N) is 3. The normalized spacial score (nSPS) is 16.9.